The first kappa shape index (κ1) is 35.2. The van der Waals surface area contributed by atoms with Gasteiger partial charge in [0.15, 0.2) is 11.5 Å². The first-order valence-corrected chi connectivity index (χ1v) is 15.4. The maximum absolute atomic E-state index is 13.8. The molecule has 0 saturated heterocycles. The highest BCUT2D eigenvalue weighted by atomic mass is 16.5. The SMILES string of the molecule is COC(=O)CCCCCNC(=O)[C@H](CC(C)C)Nc1ccc2c(cc1=O)[C@@H](NC(C)=O)CCc1cc(OC)c(OC)c(OC)c1-2. The summed E-state index contributed by atoms with van der Waals surface area (Å²) in [6, 6.07) is 5.87. The van der Waals surface area contributed by atoms with Crippen LogP contribution in [0.15, 0.2) is 29.1 Å². The summed E-state index contributed by atoms with van der Waals surface area (Å²) in [4.78, 5) is 50.6. The van der Waals surface area contributed by atoms with Crippen LogP contribution in [0, 0.1) is 5.92 Å². The second-order valence-electron chi connectivity index (χ2n) is 11.6. The number of anilines is 1. The summed E-state index contributed by atoms with van der Waals surface area (Å²) in [5.74, 6) is 0.930. The van der Waals surface area contributed by atoms with Crippen molar-refractivity contribution in [3.8, 4) is 28.4 Å². The number of rotatable bonds is 15. The van der Waals surface area contributed by atoms with Gasteiger partial charge in [-0.15, -0.1) is 0 Å². The second kappa shape index (κ2) is 16.7. The fourth-order valence-electron chi connectivity index (χ4n) is 5.73. The van der Waals surface area contributed by atoms with Crippen LogP contribution in [0.3, 0.4) is 0 Å². The molecule has 0 unspecified atom stereocenters. The van der Waals surface area contributed by atoms with Crippen LogP contribution in [0.5, 0.6) is 17.2 Å². The van der Waals surface area contributed by atoms with Crippen molar-refractivity contribution in [2.75, 3.05) is 40.3 Å². The number of unbranched alkanes of at least 4 members (excludes halogenated alkanes) is 2. The summed E-state index contributed by atoms with van der Waals surface area (Å²) in [6.07, 6.45) is 4.18. The Morgan fingerprint density at radius 1 is 0.956 bits per heavy atom. The van der Waals surface area contributed by atoms with Crippen LogP contribution >= 0.6 is 0 Å². The number of ether oxygens (including phenoxy) is 4. The monoisotopic (exact) mass is 625 g/mol. The minimum atomic E-state index is -0.646. The largest absolute Gasteiger partial charge is 0.493 e. The van der Waals surface area contributed by atoms with Crippen molar-refractivity contribution >= 4 is 23.5 Å². The standard InChI is InChI=1S/C34H47N3O8/c1-20(2)17-27(34(41)35-16-10-8-9-11-30(40)43-5)37-26-15-13-23-24(19-28(26)39)25(36-21(3)38)14-12-22-18-29(42-4)32(44-6)33(45-7)31(22)23/h13,15,18-20,25,27H,8-12,14,16-17H2,1-7H3,(H,35,41)(H,36,38)(H,37,39)/t25-,27-/m0/s1. The van der Waals surface area contributed by atoms with Gasteiger partial charge in [0, 0.05) is 25.5 Å². The van der Waals surface area contributed by atoms with Gasteiger partial charge in [0.1, 0.15) is 6.04 Å². The third kappa shape index (κ3) is 9.12. The van der Waals surface area contributed by atoms with Crippen LogP contribution in [0.4, 0.5) is 5.69 Å². The van der Waals surface area contributed by atoms with E-state index in [1.165, 1.54) is 27.2 Å². The highest BCUT2D eigenvalue weighted by molar-refractivity contribution is 5.86. The van der Waals surface area contributed by atoms with Gasteiger partial charge < -0.3 is 34.9 Å². The molecule has 246 valence electrons. The number of benzene rings is 1. The molecule has 0 fully saturated rings. The van der Waals surface area contributed by atoms with Crippen LogP contribution in [-0.2, 0) is 25.5 Å². The van der Waals surface area contributed by atoms with Crippen molar-refractivity contribution in [2.24, 2.45) is 5.92 Å². The Morgan fingerprint density at radius 3 is 2.31 bits per heavy atom. The van der Waals surface area contributed by atoms with Crippen molar-refractivity contribution in [2.45, 2.75) is 77.8 Å². The molecule has 11 nitrogen and oxygen atoms in total. The lowest BCUT2D eigenvalue weighted by atomic mass is 9.95. The van der Waals surface area contributed by atoms with Gasteiger partial charge in [0.2, 0.25) is 23.0 Å². The molecule has 1 aliphatic rings. The molecule has 45 heavy (non-hydrogen) atoms. The topological polar surface area (TPSA) is 141 Å². The Balaban J connectivity index is 2.00. The van der Waals surface area contributed by atoms with E-state index >= 15 is 0 Å². The third-order valence-corrected chi connectivity index (χ3v) is 7.85. The summed E-state index contributed by atoms with van der Waals surface area (Å²) in [6.45, 7) is 5.94. The lowest BCUT2D eigenvalue weighted by Gasteiger charge is -2.20. The van der Waals surface area contributed by atoms with Gasteiger partial charge in [-0.25, -0.2) is 0 Å². The maximum Gasteiger partial charge on any atom is 0.305 e. The first-order chi connectivity index (χ1) is 21.5. The van der Waals surface area contributed by atoms with E-state index in [4.69, 9.17) is 14.2 Å². The van der Waals surface area contributed by atoms with E-state index < -0.39 is 12.1 Å². The number of fused-ring (bicyclic) bond motifs is 3. The summed E-state index contributed by atoms with van der Waals surface area (Å²) >= 11 is 0. The highest BCUT2D eigenvalue weighted by Gasteiger charge is 2.30. The lowest BCUT2D eigenvalue weighted by molar-refractivity contribution is -0.140. The zero-order valence-electron chi connectivity index (χ0n) is 27.5. The number of carbonyl (C=O) groups excluding carboxylic acids is 3. The van der Waals surface area contributed by atoms with Crippen molar-refractivity contribution in [1.29, 1.82) is 0 Å². The van der Waals surface area contributed by atoms with E-state index in [1.54, 1.807) is 20.3 Å². The molecule has 0 heterocycles. The predicted molar refractivity (Wildman–Crippen MR) is 173 cm³/mol. The van der Waals surface area contributed by atoms with Crippen LogP contribution < -0.4 is 35.6 Å². The summed E-state index contributed by atoms with van der Waals surface area (Å²) in [7, 11) is 6.02. The van der Waals surface area contributed by atoms with Crippen LogP contribution in [0.1, 0.15) is 76.5 Å². The van der Waals surface area contributed by atoms with E-state index in [2.05, 4.69) is 20.7 Å². The number of carbonyl (C=O) groups is 3. The number of aryl methyl sites for hydroxylation is 1. The molecule has 0 aromatic heterocycles. The van der Waals surface area contributed by atoms with Gasteiger partial charge in [-0.1, -0.05) is 26.3 Å². The van der Waals surface area contributed by atoms with Gasteiger partial charge in [-0.2, -0.15) is 0 Å². The van der Waals surface area contributed by atoms with Gasteiger partial charge >= 0.3 is 5.97 Å². The number of hydrogen-bond acceptors (Lipinski definition) is 9. The predicted octanol–water partition coefficient (Wildman–Crippen LogP) is 4.54. The number of esters is 1. The Bertz CT molecular complexity index is 1430. The molecule has 2 atom stereocenters. The summed E-state index contributed by atoms with van der Waals surface area (Å²) in [5, 5.41) is 9.19. The maximum atomic E-state index is 13.8. The minimum absolute atomic E-state index is 0.181. The van der Waals surface area contributed by atoms with Crippen molar-refractivity contribution < 1.29 is 33.3 Å². The van der Waals surface area contributed by atoms with Gasteiger partial charge in [-0.3, -0.25) is 19.2 Å². The van der Waals surface area contributed by atoms with E-state index in [0.717, 1.165) is 24.0 Å². The van der Waals surface area contributed by atoms with E-state index in [0.29, 0.717) is 67.0 Å². The van der Waals surface area contributed by atoms with Crippen LogP contribution in [0.2, 0.25) is 0 Å². The van der Waals surface area contributed by atoms with Crippen LogP contribution in [-0.4, -0.2) is 58.8 Å². The molecule has 0 bridgehead atoms. The molecular weight excluding hydrogens is 578 g/mol. The number of hydrogen-bond donors (Lipinski definition) is 3. The molecule has 3 rings (SSSR count). The summed E-state index contributed by atoms with van der Waals surface area (Å²) in [5.41, 5.74) is 2.99. The normalized spacial score (nSPS) is 14.3. The first-order valence-electron chi connectivity index (χ1n) is 15.4. The Morgan fingerprint density at radius 2 is 1.69 bits per heavy atom. The molecule has 11 heteroatoms. The van der Waals surface area contributed by atoms with Gasteiger partial charge in [0.25, 0.3) is 0 Å². The zero-order valence-corrected chi connectivity index (χ0v) is 27.5. The number of amides is 2. The lowest BCUT2D eigenvalue weighted by Crippen LogP contribution is -2.41. The van der Waals surface area contributed by atoms with Crippen molar-refractivity contribution in [3.63, 3.8) is 0 Å². The average Bonchev–Trinajstić information content (AvgIpc) is 3.25. The average molecular weight is 626 g/mol. The Kier molecular flexibility index (Phi) is 13.1. The van der Waals surface area contributed by atoms with Gasteiger partial charge in [0.05, 0.1) is 40.2 Å². The molecule has 0 radical (unpaired) electrons. The molecule has 1 aliphatic carbocycles. The van der Waals surface area contributed by atoms with Crippen LogP contribution in [0.25, 0.3) is 11.1 Å². The molecule has 2 aromatic carbocycles. The quantitative estimate of drug-likeness (QED) is 0.192. The van der Waals surface area contributed by atoms with Crippen molar-refractivity contribution in [3.05, 3.63) is 45.6 Å². The Labute approximate surface area is 265 Å². The highest BCUT2D eigenvalue weighted by Crippen LogP contribution is 2.50. The Hall–Kier alpha value is -4.28. The van der Waals surface area contributed by atoms with E-state index in [9.17, 15) is 19.2 Å². The zero-order chi connectivity index (χ0) is 33.1. The molecule has 0 saturated carbocycles. The van der Waals surface area contributed by atoms with E-state index in [1.807, 2.05) is 26.0 Å². The van der Waals surface area contributed by atoms with Gasteiger partial charge in [-0.05, 0) is 72.9 Å². The van der Waals surface area contributed by atoms with Crippen molar-refractivity contribution in [1.82, 2.24) is 10.6 Å². The molecule has 2 amide bonds. The van der Waals surface area contributed by atoms with E-state index in [-0.39, 0.29) is 34.8 Å². The third-order valence-electron chi connectivity index (χ3n) is 7.85. The number of methoxy groups -OCH3 is 4. The molecule has 2 aromatic rings. The molecule has 0 aliphatic heterocycles. The molecular formula is C34H47N3O8. The second-order valence-corrected chi connectivity index (χ2v) is 11.6. The minimum Gasteiger partial charge on any atom is -0.493 e. The number of nitrogens with one attached hydrogen (secondary N) is 3. The molecule has 0 spiro atoms. The fourth-order valence-corrected chi connectivity index (χ4v) is 5.73. The smallest absolute Gasteiger partial charge is 0.305 e. The fraction of sp³-hybridized carbons (Fsp3) is 0.529. The summed E-state index contributed by atoms with van der Waals surface area (Å²) < 4.78 is 21.8. The molecule has 3 N–H and O–H groups in total.